The van der Waals surface area contributed by atoms with Crippen LogP contribution < -0.4 is 9.64 Å². The van der Waals surface area contributed by atoms with Crippen molar-refractivity contribution in [2.75, 3.05) is 10.7 Å². The fourth-order valence-electron chi connectivity index (χ4n) is 3.59. The van der Waals surface area contributed by atoms with Gasteiger partial charge in [0.15, 0.2) is 5.76 Å². The maximum atomic E-state index is 12.7. The van der Waals surface area contributed by atoms with Crippen molar-refractivity contribution >= 4 is 35.0 Å². The first-order valence-electron chi connectivity index (χ1n) is 10.2. The van der Waals surface area contributed by atoms with Crippen molar-refractivity contribution in [3.63, 3.8) is 0 Å². The quantitative estimate of drug-likeness (QED) is 0.447. The minimum atomic E-state index is -0.388. The van der Waals surface area contributed by atoms with Crippen molar-refractivity contribution in [1.29, 1.82) is 0 Å². The number of hydrogen-bond acceptors (Lipinski definition) is 5. The molecule has 2 unspecified atom stereocenters. The van der Waals surface area contributed by atoms with E-state index < -0.39 is 0 Å². The van der Waals surface area contributed by atoms with Crippen LogP contribution in [0, 0.1) is 0 Å². The summed E-state index contributed by atoms with van der Waals surface area (Å²) < 4.78 is 17.6. The number of hydrogen-bond donors (Lipinski definition) is 0. The molecule has 1 saturated heterocycles. The third-order valence-electron chi connectivity index (χ3n) is 5.12. The fraction of sp³-hybridized carbons (Fsp3) is 0.160. The van der Waals surface area contributed by atoms with Gasteiger partial charge in [-0.15, -0.1) is 11.8 Å². The van der Waals surface area contributed by atoms with E-state index in [-0.39, 0.29) is 17.6 Å². The molecule has 0 aliphatic carbocycles. The highest BCUT2D eigenvalue weighted by Gasteiger charge is 2.39. The largest absolute Gasteiger partial charge is 0.459 e. The molecule has 32 heavy (non-hydrogen) atoms. The number of amides is 1. The molecule has 2 aliphatic rings. The van der Waals surface area contributed by atoms with Crippen molar-refractivity contribution in [1.82, 2.24) is 0 Å². The topological polar surface area (TPSA) is 48.0 Å². The van der Waals surface area contributed by atoms with Crippen molar-refractivity contribution in [3.8, 4) is 11.5 Å². The molecule has 0 aromatic heterocycles. The first-order valence-corrected chi connectivity index (χ1v) is 11.6. The van der Waals surface area contributed by atoms with Crippen LogP contribution in [0.25, 0.3) is 0 Å². The van der Waals surface area contributed by atoms with E-state index in [1.807, 2.05) is 66.7 Å². The monoisotopic (exact) mass is 465 g/mol. The second-order valence-electron chi connectivity index (χ2n) is 7.37. The van der Waals surface area contributed by atoms with Crippen molar-refractivity contribution in [2.24, 2.45) is 0 Å². The molecule has 0 bridgehead atoms. The smallest absolute Gasteiger partial charge is 0.244 e. The lowest BCUT2D eigenvalue weighted by Crippen LogP contribution is -2.34. The van der Waals surface area contributed by atoms with Gasteiger partial charge in [0.1, 0.15) is 23.1 Å². The average molecular weight is 466 g/mol. The Morgan fingerprint density at radius 1 is 0.969 bits per heavy atom. The molecule has 0 N–H and O–H groups in total. The Labute approximate surface area is 195 Å². The molecule has 3 aromatic rings. The SMILES string of the molecule is O=C1CSC(C2=COC(Cc3ccccc3)O2)N1c1ccc(Oc2ccc(Cl)cc2)cc1. The summed E-state index contributed by atoms with van der Waals surface area (Å²) in [4.78, 5) is 14.4. The van der Waals surface area contributed by atoms with Crippen LogP contribution >= 0.6 is 23.4 Å². The number of thioether (sulfide) groups is 1. The van der Waals surface area contributed by atoms with Gasteiger partial charge >= 0.3 is 0 Å². The summed E-state index contributed by atoms with van der Waals surface area (Å²) >= 11 is 7.45. The molecule has 2 aliphatic heterocycles. The number of carbonyl (C=O) groups excluding carboxylic acids is 1. The minimum Gasteiger partial charge on any atom is -0.459 e. The van der Waals surface area contributed by atoms with Crippen LogP contribution in [0.1, 0.15) is 5.56 Å². The van der Waals surface area contributed by atoms with Gasteiger partial charge in [0.05, 0.1) is 5.75 Å². The van der Waals surface area contributed by atoms with Crippen LogP contribution in [0.4, 0.5) is 5.69 Å². The molecule has 0 spiro atoms. The summed E-state index contributed by atoms with van der Waals surface area (Å²) in [6, 6.07) is 24.6. The summed E-state index contributed by atoms with van der Waals surface area (Å²) in [5, 5.41) is 0.397. The normalized spacial score (nSPS) is 20.0. The molecular formula is C25H20ClNO4S. The predicted molar refractivity (Wildman–Crippen MR) is 126 cm³/mol. The van der Waals surface area contributed by atoms with E-state index in [1.165, 1.54) is 11.8 Å². The standard InChI is InChI=1S/C25H20ClNO4S/c26-18-6-10-20(11-7-18)30-21-12-8-19(9-13-21)27-23(28)16-32-25(27)22-15-29-24(31-22)14-17-4-2-1-3-5-17/h1-13,15,24-25H,14,16H2. The van der Waals surface area contributed by atoms with E-state index in [1.54, 1.807) is 23.3 Å². The van der Waals surface area contributed by atoms with Crippen LogP contribution in [0.15, 0.2) is 90.9 Å². The van der Waals surface area contributed by atoms with E-state index in [0.29, 0.717) is 34.5 Å². The molecule has 2 heterocycles. The molecule has 1 amide bonds. The Hall–Kier alpha value is -3.09. The molecule has 162 valence electrons. The van der Waals surface area contributed by atoms with E-state index in [9.17, 15) is 4.79 Å². The lowest BCUT2D eigenvalue weighted by Gasteiger charge is -2.24. The van der Waals surface area contributed by atoms with Gasteiger partial charge in [-0.05, 0) is 54.1 Å². The highest BCUT2D eigenvalue weighted by molar-refractivity contribution is 8.01. The summed E-state index contributed by atoms with van der Waals surface area (Å²) in [6.45, 7) is 0. The second kappa shape index (κ2) is 9.18. The predicted octanol–water partition coefficient (Wildman–Crippen LogP) is 6.00. The lowest BCUT2D eigenvalue weighted by atomic mass is 10.1. The summed E-state index contributed by atoms with van der Waals surface area (Å²) in [6.07, 6.45) is 1.89. The molecule has 2 atom stereocenters. The lowest BCUT2D eigenvalue weighted by molar-refractivity contribution is -0.116. The number of ether oxygens (including phenoxy) is 3. The number of nitrogens with zero attached hydrogens (tertiary/aromatic N) is 1. The van der Waals surface area contributed by atoms with Gasteiger partial charge in [0.2, 0.25) is 12.2 Å². The zero-order chi connectivity index (χ0) is 21.9. The molecule has 0 radical (unpaired) electrons. The Morgan fingerprint density at radius 2 is 1.66 bits per heavy atom. The van der Waals surface area contributed by atoms with E-state index in [0.717, 1.165) is 11.3 Å². The van der Waals surface area contributed by atoms with Crippen LogP contribution in [0.2, 0.25) is 5.02 Å². The molecule has 5 nitrogen and oxygen atoms in total. The Bertz CT molecular complexity index is 1120. The summed E-state index contributed by atoms with van der Waals surface area (Å²) in [5.74, 6) is 2.44. The first kappa shape index (κ1) is 20.8. The van der Waals surface area contributed by atoms with Crippen LogP contribution in [0.5, 0.6) is 11.5 Å². The maximum Gasteiger partial charge on any atom is 0.244 e. The molecule has 5 rings (SSSR count). The van der Waals surface area contributed by atoms with Crippen LogP contribution in [-0.4, -0.2) is 23.3 Å². The third kappa shape index (κ3) is 4.56. The van der Waals surface area contributed by atoms with E-state index in [2.05, 4.69) is 0 Å². The van der Waals surface area contributed by atoms with Gasteiger partial charge in [0.25, 0.3) is 0 Å². The number of rotatable bonds is 6. The maximum absolute atomic E-state index is 12.7. The van der Waals surface area contributed by atoms with Crippen molar-refractivity contribution < 1.29 is 19.0 Å². The average Bonchev–Trinajstić information content (AvgIpc) is 3.43. The highest BCUT2D eigenvalue weighted by atomic mass is 35.5. The van der Waals surface area contributed by atoms with Gasteiger partial charge in [0, 0.05) is 17.1 Å². The molecule has 1 fully saturated rings. The van der Waals surface area contributed by atoms with E-state index >= 15 is 0 Å². The zero-order valence-corrected chi connectivity index (χ0v) is 18.6. The Kier molecular flexibility index (Phi) is 5.97. The van der Waals surface area contributed by atoms with Gasteiger partial charge in [-0.2, -0.15) is 0 Å². The van der Waals surface area contributed by atoms with Gasteiger partial charge in [-0.3, -0.25) is 9.69 Å². The number of halogens is 1. The summed E-state index contributed by atoms with van der Waals surface area (Å²) in [5.41, 5.74) is 1.92. The van der Waals surface area contributed by atoms with Crippen molar-refractivity contribution in [3.05, 3.63) is 101 Å². The molecule has 0 saturated carbocycles. The second-order valence-corrected chi connectivity index (χ2v) is 8.88. The molecule has 3 aromatic carbocycles. The number of anilines is 1. The highest BCUT2D eigenvalue weighted by Crippen LogP contribution is 2.38. The van der Waals surface area contributed by atoms with Gasteiger partial charge in [-0.1, -0.05) is 41.9 Å². The van der Waals surface area contributed by atoms with Crippen LogP contribution in [-0.2, 0) is 20.7 Å². The number of benzene rings is 3. The number of carbonyl (C=O) groups is 1. The molecule has 7 heteroatoms. The Balaban J connectivity index is 1.26. The van der Waals surface area contributed by atoms with E-state index in [4.69, 9.17) is 25.8 Å². The van der Waals surface area contributed by atoms with Gasteiger partial charge in [-0.25, -0.2) is 0 Å². The first-order chi connectivity index (χ1) is 15.7. The van der Waals surface area contributed by atoms with Gasteiger partial charge < -0.3 is 14.2 Å². The molecular weight excluding hydrogens is 446 g/mol. The fourth-order valence-corrected chi connectivity index (χ4v) is 4.82. The summed E-state index contributed by atoms with van der Waals surface area (Å²) in [7, 11) is 0. The minimum absolute atomic E-state index is 0.0300. The van der Waals surface area contributed by atoms with Crippen molar-refractivity contribution in [2.45, 2.75) is 18.1 Å². The zero-order valence-electron chi connectivity index (χ0n) is 17.0. The van der Waals surface area contributed by atoms with Crippen LogP contribution in [0.3, 0.4) is 0 Å². The Morgan fingerprint density at radius 3 is 2.38 bits per heavy atom. The third-order valence-corrected chi connectivity index (χ3v) is 6.55.